The van der Waals surface area contributed by atoms with Crippen LogP contribution in [0.3, 0.4) is 0 Å². The van der Waals surface area contributed by atoms with Crippen LogP contribution in [0.25, 0.3) is 0 Å². The zero-order valence-corrected chi connectivity index (χ0v) is 16.6. The minimum absolute atomic E-state index is 0.262. The standard InChI is InChI=1S/C21H30N4O3/c1-22-21(23-10-8-15-6-7-18-19(12-15)28-14-27-18)24-17-9-11-25(13-17)20(26)16-4-2-3-5-16/h6-7,12,16-17H,2-5,8-11,13-14H2,1H3,(H2,22,23,24). The van der Waals surface area contributed by atoms with Crippen LogP contribution in [-0.4, -0.2) is 56.3 Å². The number of carbonyl (C=O) groups is 1. The number of likely N-dealkylation sites (tertiary alicyclic amines) is 1. The van der Waals surface area contributed by atoms with Gasteiger partial charge >= 0.3 is 0 Å². The predicted molar refractivity (Wildman–Crippen MR) is 108 cm³/mol. The van der Waals surface area contributed by atoms with Crippen molar-refractivity contribution < 1.29 is 14.3 Å². The predicted octanol–water partition coefficient (Wildman–Crippen LogP) is 1.91. The van der Waals surface area contributed by atoms with E-state index in [1.165, 1.54) is 18.4 Å². The van der Waals surface area contributed by atoms with Gasteiger partial charge < -0.3 is 25.0 Å². The Labute approximate surface area is 166 Å². The number of amides is 1. The van der Waals surface area contributed by atoms with E-state index < -0.39 is 0 Å². The van der Waals surface area contributed by atoms with Gasteiger partial charge in [0.2, 0.25) is 12.7 Å². The van der Waals surface area contributed by atoms with Gasteiger partial charge in [0.15, 0.2) is 17.5 Å². The van der Waals surface area contributed by atoms with E-state index in [4.69, 9.17) is 9.47 Å². The summed E-state index contributed by atoms with van der Waals surface area (Å²) in [5, 5.41) is 6.84. The molecule has 28 heavy (non-hydrogen) atoms. The largest absolute Gasteiger partial charge is 0.454 e. The van der Waals surface area contributed by atoms with Gasteiger partial charge in [-0.1, -0.05) is 18.9 Å². The highest BCUT2D eigenvalue weighted by molar-refractivity contribution is 5.81. The molecule has 1 aliphatic carbocycles. The maximum atomic E-state index is 12.6. The Kier molecular flexibility index (Phi) is 5.88. The van der Waals surface area contributed by atoms with E-state index in [0.29, 0.717) is 12.7 Å². The topological polar surface area (TPSA) is 75.2 Å². The molecular formula is C21H30N4O3. The van der Waals surface area contributed by atoms with E-state index in [0.717, 1.165) is 62.8 Å². The lowest BCUT2D eigenvalue weighted by atomic mass is 10.1. The summed E-state index contributed by atoms with van der Waals surface area (Å²) in [5.41, 5.74) is 1.20. The van der Waals surface area contributed by atoms with E-state index in [2.05, 4.69) is 21.7 Å². The highest BCUT2D eigenvalue weighted by Crippen LogP contribution is 2.32. The molecule has 1 amide bonds. The molecule has 7 heteroatoms. The first-order valence-electron chi connectivity index (χ1n) is 10.4. The number of benzene rings is 1. The Balaban J connectivity index is 1.21. The minimum atomic E-state index is 0.262. The van der Waals surface area contributed by atoms with Crippen molar-refractivity contribution in [3.63, 3.8) is 0 Å². The molecule has 0 aromatic heterocycles. The quantitative estimate of drug-likeness (QED) is 0.597. The summed E-state index contributed by atoms with van der Waals surface area (Å²) >= 11 is 0. The van der Waals surface area contributed by atoms with Crippen LogP contribution in [-0.2, 0) is 11.2 Å². The number of nitrogens with one attached hydrogen (secondary N) is 2. The van der Waals surface area contributed by atoms with Crippen LogP contribution in [0, 0.1) is 5.92 Å². The molecule has 3 aliphatic rings. The molecule has 7 nitrogen and oxygen atoms in total. The number of nitrogens with zero attached hydrogens (tertiary/aromatic N) is 2. The summed E-state index contributed by atoms with van der Waals surface area (Å²) in [7, 11) is 1.78. The number of hydrogen-bond donors (Lipinski definition) is 2. The number of guanidine groups is 1. The molecule has 2 fully saturated rings. The summed E-state index contributed by atoms with van der Waals surface area (Å²) in [4.78, 5) is 19.0. The highest BCUT2D eigenvalue weighted by Gasteiger charge is 2.32. The van der Waals surface area contributed by atoms with Crippen LogP contribution in [0.1, 0.15) is 37.7 Å². The van der Waals surface area contributed by atoms with Crippen molar-refractivity contribution in [2.75, 3.05) is 33.5 Å². The second-order valence-corrected chi connectivity index (χ2v) is 7.83. The number of hydrogen-bond acceptors (Lipinski definition) is 4. The highest BCUT2D eigenvalue weighted by atomic mass is 16.7. The SMILES string of the molecule is CN=C(NCCc1ccc2c(c1)OCO2)NC1CCN(C(=O)C2CCCC2)C1. The van der Waals surface area contributed by atoms with E-state index in [-0.39, 0.29) is 12.0 Å². The van der Waals surface area contributed by atoms with Crippen molar-refractivity contribution in [3.8, 4) is 11.5 Å². The number of ether oxygens (including phenoxy) is 2. The van der Waals surface area contributed by atoms with Gasteiger partial charge in [0, 0.05) is 38.6 Å². The molecule has 2 heterocycles. The Morgan fingerprint density at radius 2 is 2.04 bits per heavy atom. The fourth-order valence-corrected chi connectivity index (χ4v) is 4.32. The molecule has 1 saturated heterocycles. The van der Waals surface area contributed by atoms with Crippen molar-refractivity contribution in [1.82, 2.24) is 15.5 Å². The number of rotatable bonds is 5. The third-order valence-corrected chi connectivity index (χ3v) is 5.91. The first-order chi connectivity index (χ1) is 13.7. The zero-order chi connectivity index (χ0) is 19.3. The van der Waals surface area contributed by atoms with Crippen LogP contribution in [0.15, 0.2) is 23.2 Å². The van der Waals surface area contributed by atoms with Crippen LogP contribution >= 0.6 is 0 Å². The fourth-order valence-electron chi connectivity index (χ4n) is 4.32. The first kappa shape index (κ1) is 18.9. The maximum absolute atomic E-state index is 12.6. The van der Waals surface area contributed by atoms with Crippen molar-refractivity contribution >= 4 is 11.9 Å². The molecule has 1 aromatic rings. The molecule has 152 valence electrons. The normalized spacial score (nSPS) is 22.0. The number of fused-ring (bicyclic) bond motifs is 1. The molecule has 1 saturated carbocycles. The Hall–Kier alpha value is -2.44. The number of aliphatic imine (C=N–C) groups is 1. The van der Waals surface area contributed by atoms with Crippen LogP contribution in [0.4, 0.5) is 0 Å². The minimum Gasteiger partial charge on any atom is -0.454 e. The summed E-state index contributed by atoms with van der Waals surface area (Å²) in [6.45, 7) is 2.70. The monoisotopic (exact) mass is 386 g/mol. The Morgan fingerprint density at radius 1 is 1.21 bits per heavy atom. The summed E-state index contributed by atoms with van der Waals surface area (Å²) < 4.78 is 10.8. The summed E-state index contributed by atoms with van der Waals surface area (Å²) in [6, 6.07) is 6.32. The summed E-state index contributed by atoms with van der Waals surface area (Å²) in [5.74, 6) is 3.04. The van der Waals surface area contributed by atoms with E-state index in [1.807, 2.05) is 17.0 Å². The second kappa shape index (κ2) is 8.71. The van der Waals surface area contributed by atoms with E-state index >= 15 is 0 Å². The molecule has 1 aromatic carbocycles. The smallest absolute Gasteiger partial charge is 0.231 e. The van der Waals surface area contributed by atoms with Gasteiger partial charge in [0.05, 0.1) is 0 Å². The van der Waals surface area contributed by atoms with E-state index in [1.54, 1.807) is 7.05 Å². The molecule has 2 N–H and O–H groups in total. The van der Waals surface area contributed by atoms with Crippen molar-refractivity contribution in [3.05, 3.63) is 23.8 Å². The molecular weight excluding hydrogens is 356 g/mol. The van der Waals surface area contributed by atoms with Crippen molar-refractivity contribution in [1.29, 1.82) is 0 Å². The molecule has 0 spiro atoms. The molecule has 1 unspecified atom stereocenters. The second-order valence-electron chi connectivity index (χ2n) is 7.83. The molecule has 4 rings (SSSR count). The van der Waals surface area contributed by atoms with Gasteiger partial charge in [-0.3, -0.25) is 9.79 Å². The maximum Gasteiger partial charge on any atom is 0.231 e. The van der Waals surface area contributed by atoms with Crippen LogP contribution in [0.5, 0.6) is 11.5 Å². The Bertz CT molecular complexity index is 730. The van der Waals surface area contributed by atoms with Gasteiger partial charge in [-0.05, 0) is 43.4 Å². The Morgan fingerprint density at radius 3 is 2.86 bits per heavy atom. The van der Waals surface area contributed by atoms with Crippen molar-refractivity contribution in [2.24, 2.45) is 10.9 Å². The van der Waals surface area contributed by atoms with Gasteiger partial charge in [0.25, 0.3) is 0 Å². The lowest BCUT2D eigenvalue weighted by Gasteiger charge is -2.21. The lowest BCUT2D eigenvalue weighted by Crippen LogP contribution is -2.45. The van der Waals surface area contributed by atoms with Crippen LogP contribution in [0.2, 0.25) is 0 Å². The summed E-state index contributed by atoms with van der Waals surface area (Å²) in [6.07, 6.45) is 6.38. The average molecular weight is 386 g/mol. The van der Waals surface area contributed by atoms with Crippen LogP contribution < -0.4 is 20.1 Å². The molecule has 0 bridgehead atoms. The van der Waals surface area contributed by atoms with Gasteiger partial charge in [0.1, 0.15) is 0 Å². The van der Waals surface area contributed by atoms with Crippen molar-refractivity contribution in [2.45, 2.75) is 44.6 Å². The average Bonchev–Trinajstić information content (AvgIpc) is 3.47. The molecule has 2 aliphatic heterocycles. The fraction of sp³-hybridized carbons (Fsp3) is 0.619. The lowest BCUT2D eigenvalue weighted by molar-refractivity contribution is -0.134. The third kappa shape index (κ3) is 4.34. The van der Waals surface area contributed by atoms with E-state index in [9.17, 15) is 4.79 Å². The molecule has 0 radical (unpaired) electrons. The van der Waals surface area contributed by atoms with Gasteiger partial charge in [-0.15, -0.1) is 0 Å². The third-order valence-electron chi connectivity index (χ3n) is 5.91. The van der Waals surface area contributed by atoms with Gasteiger partial charge in [-0.25, -0.2) is 0 Å². The number of carbonyl (C=O) groups excluding carboxylic acids is 1. The zero-order valence-electron chi connectivity index (χ0n) is 16.6. The molecule has 1 atom stereocenters. The van der Waals surface area contributed by atoms with Gasteiger partial charge in [-0.2, -0.15) is 0 Å². The first-order valence-corrected chi connectivity index (χ1v) is 10.4.